The van der Waals surface area contributed by atoms with Crippen molar-refractivity contribution in [3.05, 3.63) is 88.4 Å². The van der Waals surface area contributed by atoms with Crippen LogP contribution in [0.25, 0.3) is 21.9 Å². The highest BCUT2D eigenvalue weighted by Crippen LogP contribution is 2.33. The maximum Gasteiger partial charge on any atom is 0.337 e. The van der Waals surface area contributed by atoms with Gasteiger partial charge in [-0.2, -0.15) is 0 Å². The summed E-state index contributed by atoms with van der Waals surface area (Å²) in [7, 11) is 2.89. The molecule has 0 aliphatic carbocycles. The molecule has 0 radical (unpaired) electrons. The fourth-order valence-corrected chi connectivity index (χ4v) is 4.45. The van der Waals surface area contributed by atoms with E-state index in [1.165, 1.54) is 18.4 Å². The van der Waals surface area contributed by atoms with E-state index in [0.717, 1.165) is 21.3 Å². The Bertz CT molecular complexity index is 1360. The van der Waals surface area contributed by atoms with Gasteiger partial charge < -0.3 is 19.3 Å². The van der Waals surface area contributed by atoms with Gasteiger partial charge in [0.15, 0.2) is 11.5 Å². The van der Waals surface area contributed by atoms with Crippen molar-refractivity contribution >= 4 is 45.1 Å². The van der Waals surface area contributed by atoms with Crippen LogP contribution in [0.5, 0.6) is 11.5 Å². The summed E-state index contributed by atoms with van der Waals surface area (Å²) < 4.78 is 17.1. The summed E-state index contributed by atoms with van der Waals surface area (Å²) in [6.45, 7) is 0.281. The van der Waals surface area contributed by atoms with E-state index in [-0.39, 0.29) is 13.0 Å². The molecule has 1 aromatic heterocycles. The van der Waals surface area contributed by atoms with E-state index in [1.54, 1.807) is 43.5 Å². The molecule has 0 saturated carbocycles. The normalized spacial score (nSPS) is 11.3. The number of ether oxygens (including phenoxy) is 3. The number of carboxylic acids is 1. The van der Waals surface area contributed by atoms with Crippen molar-refractivity contribution in [3.8, 4) is 11.5 Å². The number of aromatic nitrogens is 1. The Labute approximate surface area is 206 Å². The SMILES string of the molecule is COC(=O)c1ccc(COc2ccc(/C=C(/CC(=O)O)c3nc4ccccc4s3)cc2OC)cc1. The number of rotatable bonds is 9. The number of hydrogen-bond donors (Lipinski definition) is 1. The predicted molar refractivity (Wildman–Crippen MR) is 135 cm³/mol. The topological polar surface area (TPSA) is 95.0 Å². The highest BCUT2D eigenvalue weighted by atomic mass is 32.1. The number of methoxy groups -OCH3 is 2. The van der Waals surface area contributed by atoms with Crippen LogP contribution in [-0.2, 0) is 16.1 Å². The monoisotopic (exact) mass is 489 g/mol. The van der Waals surface area contributed by atoms with Crippen LogP contribution in [-0.4, -0.2) is 36.2 Å². The molecule has 1 heterocycles. The molecule has 8 heteroatoms. The van der Waals surface area contributed by atoms with Gasteiger partial charge in [0, 0.05) is 0 Å². The largest absolute Gasteiger partial charge is 0.493 e. The highest BCUT2D eigenvalue weighted by Gasteiger charge is 2.14. The van der Waals surface area contributed by atoms with E-state index in [4.69, 9.17) is 14.2 Å². The van der Waals surface area contributed by atoms with Crippen molar-refractivity contribution in [1.82, 2.24) is 4.98 Å². The summed E-state index contributed by atoms with van der Waals surface area (Å²) in [6.07, 6.45) is 1.66. The fourth-order valence-electron chi connectivity index (χ4n) is 3.47. The average Bonchev–Trinajstić information content (AvgIpc) is 3.31. The van der Waals surface area contributed by atoms with Crippen LogP contribution in [0.3, 0.4) is 0 Å². The lowest BCUT2D eigenvalue weighted by Gasteiger charge is -2.12. The Balaban J connectivity index is 1.55. The maximum atomic E-state index is 11.6. The molecule has 4 aromatic rings. The van der Waals surface area contributed by atoms with Crippen LogP contribution < -0.4 is 9.47 Å². The Hall–Kier alpha value is -4.17. The van der Waals surface area contributed by atoms with Gasteiger partial charge in [-0.3, -0.25) is 4.79 Å². The van der Waals surface area contributed by atoms with Crippen LogP contribution in [0, 0.1) is 0 Å². The number of carbonyl (C=O) groups is 2. The van der Waals surface area contributed by atoms with Gasteiger partial charge in [0.25, 0.3) is 0 Å². The first-order chi connectivity index (χ1) is 17.0. The molecular weight excluding hydrogens is 466 g/mol. The first-order valence-electron chi connectivity index (χ1n) is 10.7. The second-order valence-corrected chi connectivity index (χ2v) is 8.64. The zero-order valence-corrected chi connectivity index (χ0v) is 20.0. The summed E-state index contributed by atoms with van der Waals surface area (Å²) in [4.78, 5) is 27.7. The van der Waals surface area contributed by atoms with Gasteiger partial charge >= 0.3 is 11.9 Å². The molecule has 0 unspecified atom stereocenters. The second kappa shape index (κ2) is 10.8. The zero-order valence-electron chi connectivity index (χ0n) is 19.2. The van der Waals surface area contributed by atoms with Gasteiger partial charge in [0.1, 0.15) is 11.6 Å². The summed E-state index contributed by atoms with van der Waals surface area (Å²) in [5, 5.41) is 10.1. The molecule has 0 fully saturated rings. The minimum absolute atomic E-state index is 0.151. The minimum atomic E-state index is -0.930. The second-order valence-electron chi connectivity index (χ2n) is 7.61. The molecule has 35 heavy (non-hydrogen) atoms. The van der Waals surface area contributed by atoms with Crippen LogP contribution in [0.1, 0.15) is 32.9 Å². The molecular formula is C27H23NO6S. The third-order valence-corrected chi connectivity index (χ3v) is 6.32. The molecule has 7 nitrogen and oxygen atoms in total. The molecule has 1 N–H and O–H groups in total. The Morgan fingerprint density at radius 3 is 2.46 bits per heavy atom. The Kier molecular flexibility index (Phi) is 7.42. The third kappa shape index (κ3) is 5.85. The standard InChI is InChI=1S/C27H23NO6S/c1-32-23-14-18(9-12-22(23)34-16-17-7-10-19(11-8-17)27(31)33-2)13-20(15-25(29)30)26-28-21-5-3-4-6-24(21)35-26/h3-14H,15-16H2,1-2H3,(H,29,30)/b20-13-. The van der Waals surface area contributed by atoms with Crippen LogP contribution in [0.15, 0.2) is 66.7 Å². The molecule has 0 bridgehead atoms. The van der Waals surface area contributed by atoms with Gasteiger partial charge in [-0.15, -0.1) is 11.3 Å². The van der Waals surface area contributed by atoms with E-state index in [0.29, 0.717) is 27.6 Å². The molecule has 4 rings (SSSR count). The number of aliphatic carboxylic acids is 1. The van der Waals surface area contributed by atoms with Crippen molar-refractivity contribution < 1.29 is 28.9 Å². The van der Waals surface area contributed by atoms with E-state index in [1.807, 2.05) is 36.4 Å². The third-order valence-electron chi connectivity index (χ3n) is 5.21. The summed E-state index contributed by atoms with van der Waals surface area (Å²) >= 11 is 1.46. The highest BCUT2D eigenvalue weighted by molar-refractivity contribution is 7.19. The lowest BCUT2D eigenvalue weighted by Crippen LogP contribution is -2.02. The van der Waals surface area contributed by atoms with E-state index >= 15 is 0 Å². The van der Waals surface area contributed by atoms with Gasteiger partial charge in [-0.1, -0.05) is 30.3 Å². The van der Waals surface area contributed by atoms with Crippen molar-refractivity contribution in [2.45, 2.75) is 13.0 Å². The smallest absolute Gasteiger partial charge is 0.337 e. The quantitative estimate of drug-likeness (QED) is 0.302. The van der Waals surface area contributed by atoms with Gasteiger partial charge in [-0.05, 0) is 59.2 Å². The number of hydrogen-bond acceptors (Lipinski definition) is 7. The first-order valence-corrected chi connectivity index (χ1v) is 11.5. The molecule has 0 atom stereocenters. The van der Waals surface area contributed by atoms with Crippen LogP contribution in [0.4, 0.5) is 0 Å². The summed E-state index contributed by atoms with van der Waals surface area (Å²) in [5.74, 6) is -0.262. The number of thiazole rings is 1. The summed E-state index contributed by atoms with van der Waals surface area (Å²) in [5.41, 5.74) is 3.57. The number of nitrogens with zero attached hydrogens (tertiary/aromatic N) is 1. The van der Waals surface area contributed by atoms with E-state index in [9.17, 15) is 14.7 Å². The Morgan fingerprint density at radius 2 is 1.77 bits per heavy atom. The van der Waals surface area contributed by atoms with Gasteiger partial charge in [0.05, 0.1) is 36.4 Å². The number of carbonyl (C=O) groups excluding carboxylic acids is 1. The molecule has 3 aromatic carbocycles. The van der Waals surface area contributed by atoms with Crippen LogP contribution >= 0.6 is 11.3 Å². The first kappa shape index (κ1) is 24.0. The minimum Gasteiger partial charge on any atom is -0.493 e. The molecule has 0 aliphatic rings. The fraction of sp³-hybridized carbons (Fsp3) is 0.148. The molecule has 0 amide bonds. The van der Waals surface area contributed by atoms with E-state index in [2.05, 4.69) is 4.98 Å². The lowest BCUT2D eigenvalue weighted by atomic mass is 10.1. The number of para-hydroxylation sites is 1. The van der Waals surface area contributed by atoms with Crippen molar-refractivity contribution in [2.24, 2.45) is 0 Å². The van der Waals surface area contributed by atoms with Crippen molar-refractivity contribution in [1.29, 1.82) is 0 Å². The molecule has 0 aliphatic heterocycles. The van der Waals surface area contributed by atoms with Crippen LogP contribution in [0.2, 0.25) is 0 Å². The summed E-state index contributed by atoms with van der Waals surface area (Å²) in [6, 6.07) is 20.1. The van der Waals surface area contributed by atoms with Crippen molar-refractivity contribution in [2.75, 3.05) is 14.2 Å². The van der Waals surface area contributed by atoms with Gasteiger partial charge in [0.2, 0.25) is 0 Å². The lowest BCUT2D eigenvalue weighted by molar-refractivity contribution is -0.135. The molecule has 178 valence electrons. The van der Waals surface area contributed by atoms with Crippen molar-refractivity contribution in [3.63, 3.8) is 0 Å². The Morgan fingerprint density at radius 1 is 1.00 bits per heavy atom. The molecule has 0 spiro atoms. The number of esters is 1. The average molecular weight is 490 g/mol. The maximum absolute atomic E-state index is 11.6. The number of fused-ring (bicyclic) bond motifs is 1. The van der Waals surface area contributed by atoms with E-state index < -0.39 is 11.9 Å². The zero-order chi connectivity index (χ0) is 24.8. The number of benzene rings is 3. The molecule has 0 saturated heterocycles. The van der Waals surface area contributed by atoms with Gasteiger partial charge in [-0.25, -0.2) is 9.78 Å². The predicted octanol–water partition coefficient (Wildman–Crippen LogP) is 5.69. The number of carboxylic acid groups (broad SMARTS) is 1.